The number of nitrogens with zero attached hydrogens (tertiary/aromatic N) is 2. The molecule has 0 saturated carbocycles. The number of aliphatic imine (C=N–C) groups is 1. The number of amidine groups is 1. The highest BCUT2D eigenvalue weighted by Gasteiger charge is 2.19. The molecule has 0 aromatic heterocycles. The van der Waals surface area contributed by atoms with E-state index in [1.807, 2.05) is 0 Å². The Bertz CT molecular complexity index is 409. The molecule has 0 spiro atoms. The second-order valence-corrected chi connectivity index (χ2v) is 4.74. The molecule has 0 bridgehead atoms. The fraction of sp³-hybridized carbons (Fsp3) is 0.500. The molecule has 0 radical (unpaired) electrons. The molecule has 0 atom stereocenters. The third kappa shape index (κ3) is 1.84. The maximum Gasteiger partial charge on any atom is 0.105 e. The number of hydrogen-bond acceptors (Lipinski definition) is 2. The summed E-state index contributed by atoms with van der Waals surface area (Å²) in [6.07, 6.45) is 6.53. The first-order valence-corrected chi connectivity index (χ1v) is 6.34. The van der Waals surface area contributed by atoms with Crippen molar-refractivity contribution in [2.24, 2.45) is 4.99 Å². The fourth-order valence-corrected chi connectivity index (χ4v) is 2.62. The molecule has 2 heteroatoms. The van der Waals surface area contributed by atoms with Gasteiger partial charge in [0.1, 0.15) is 5.84 Å². The van der Waals surface area contributed by atoms with Gasteiger partial charge < -0.3 is 4.90 Å². The van der Waals surface area contributed by atoms with Crippen LogP contribution in [0.5, 0.6) is 0 Å². The summed E-state index contributed by atoms with van der Waals surface area (Å²) < 4.78 is 0. The Morgan fingerprint density at radius 1 is 1.00 bits per heavy atom. The lowest BCUT2D eigenvalue weighted by Crippen LogP contribution is -2.34. The van der Waals surface area contributed by atoms with Crippen molar-refractivity contribution in [2.45, 2.75) is 38.6 Å². The predicted octanol–water partition coefficient (Wildman–Crippen LogP) is 3.50. The van der Waals surface area contributed by atoms with Crippen LogP contribution in [0.1, 0.15) is 37.7 Å². The molecule has 1 saturated heterocycles. The van der Waals surface area contributed by atoms with Gasteiger partial charge in [0.15, 0.2) is 0 Å². The molecule has 1 aromatic carbocycles. The van der Waals surface area contributed by atoms with Crippen LogP contribution >= 0.6 is 0 Å². The molecule has 0 aliphatic carbocycles. The summed E-state index contributed by atoms with van der Waals surface area (Å²) in [6.45, 7) is 2.25. The standard InChI is InChI=1S/C14H18N2/c1-2-6-10-16-11-12-7-4-5-8-13(12)15-14(16)9-3-1/h4-5,7-8H,1-3,6,9-11H2. The quantitative estimate of drug-likeness (QED) is 0.645. The minimum atomic E-state index is 1.06. The average Bonchev–Trinajstić information content (AvgIpc) is 2.29. The van der Waals surface area contributed by atoms with Crippen molar-refractivity contribution >= 4 is 11.5 Å². The molecule has 0 unspecified atom stereocenters. The van der Waals surface area contributed by atoms with E-state index in [1.165, 1.54) is 49.3 Å². The van der Waals surface area contributed by atoms with Gasteiger partial charge in [-0.25, -0.2) is 4.99 Å². The zero-order valence-corrected chi connectivity index (χ0v) is 9.65. The SMILES string of the molecule is c1ccc2c(c1)CN1CCCCCCC1=N2. The van der Waals surface area contributed by atoms with Crippen LogP contribution in [0.25, 0.3) is 0 Å². The van der Waals surface area contributed by atoms with E-state index in [1.54, 1.807) is 0 Å². The van der Waals surface area contributed by atoms with E-state index in [0.717, 1.165) is 13.0 Å². The van der Waals surface area contributed by atoms with Gasteiger partial charge in [0.05, 0.1) is 5.69 Å². The topological polar surface area (TPSA) is 15.6 Å². The minimum absolute atomic E-state index is 1.06. The van der Waals surface area contributed by atoms with Gasteiger partial charge in [-0.2, -0.15) is 0 Å². The van der Waals surface area contributed by atoms with E-state index in [2.05, 4.69) is 29.2 Å². The van der Waals surface area contributed by atoms with Gasteiger partial charge in [-0.05, 0) is 24.5 Å². The lowest BCUT2D eigenvalue weighted by atomic mass is 10.0. The van der Waals surface area contributed by atoms with Gasteiger partial charge in [-0.1, -0.05) is 31.0 Å². The Balaban J connectivity index is 1.92. The zero-order chi connectivity index (χ0) is 10.8. The second kappa shape index (κ2) is 4.28. The fourth-order valence-electron chi connectivity index (χ4n) is 2.62. The lowest BCUT2D eigenvalue weighted by molar-refractivity contribution is 0.368. The van der Waals surface area contributed by atoms with E-state index < -0.39 is 0 Å². The normalized spacial score (nSPS) is 20.2. The molecule has 1 fully saturated rings. The van der Waals surface area contributed by atoms with Crippen LogP contribution in [-0.4, -0.2) is 17.3 Å². The molecule has 0 N–H and O–H groups in total. The van der Waals surface area contributed by atoms with Gasteiger partial charge in [0.25, 0.3) is 0 Å². The first-order chi connectivity index (χ1) is 7.93. The van der Waals surface area contributed by atoms with Gasteiger partial charge in [-0.15, -0.1) is 0 Å². The molecule has 2 aliphatic heterocycles. The number of fused-ring (bicyclic) bond motifs is 2. The first kappa shape index (κ1) is 9.88. The third-order valence-electron chi connectivity index (χ3n) is 3.55. The highest BCUT2D eigenvalue weighted by atomic mass is 15.2. The summed E-state index contributed by atoms with van der Waals surface area (Å²) in [5.41, 5.74) is 2.57. The van der Waals surface area contributed by atoms with Crippen molar-refractivity contribution in [3.05, 3.63) is 29.8 Å². The largest absolute Gasteiger partial charge is 0.356 e. The number of rotatable bonds is 0. The van der Waals surface area contributed by atoms with Crippen molar-refractivity contribution in [1.82, 2.24) is 4.90 Å². The van der Waals surface area contributed by atoms with Crippen LogP contribution in [-0.2, 0) is 6.54 Å². The summed E-state index contributed by atoms with van der Waals surface area (Å²) >= 11 is 0. The van der Waals surface area contributed by atoms with E-state index in [-0.39, 0.29) is 0 Å². The Morgan fingerprint density at radius 3 is 2.88 bits per heavy atom. The van der Waals surface area contributed by atoms with Crippen molar-refractivity contribution in [3.63, 3.8) is 0 Å². The van der Waals surface area contributed by atoms with Crippen LogP contribution < -0.4 is 0 Å². The number of hydrogen-bond donors (Lipinski definition) is 0. The van der Waals surface area contributed by atoms with Crippen molar-refractivity contribution in [2.75, 3.05) is 6.54 Å². The average molecular weight is 214 g/mol. The smallest absolute Gasteiger partial charge is 0.105 e. The summed E-state index contributed by atoms with van der Waals surface area (Å²) in [4.78, 5) is 7.29. The predicted molar refractivity (Wildman–Crippen MR) is 67.0 cm³/mol. The Kier molecular flexibility index (Phi) is 2.65. The molecule has 2 nitrogen and oxygen atoms in total. The highest BCUT2D eigenvalue weighted by molar-refractivity contribution is 5.87. The summed E-state index contributed by atoms with van der Waals surface area (Å²) in [5.74, 6) is 1.32. The molecule has 84 valence electrons. The van der Waals surface area contributed by atoms with E-state index in [0.29, 0.717) is 0 Å². The molecule has 2 aliphatic rings. The first-order valence-electron chi connectivity index (χ1n) is 6.34. The van der Waals surface area contributed by atoms with Gasteiger partial charge in [-0.3, -0.25) is 0 Å². The highest BCUT2D eigenvalue weighted by Crippen LogP contribution is 2.28. The zero-order valence-electron chi connectivity index (χ0n) is 9.65. The molecule has 16 heavy (non-hydrogen) atoms. The Hall–Kier alpha value is -1.31. The van der Waals surface area contributed by atoms with Crippen LogP contribution in [0.2, 0.25) is 0 Å². The van der Waals surface area contributed by atoms with Crippen molar-refractivity contribution < 1.29 is 0 Å². The number of benzene rings is 1. The molecular formula is C14H18N2. The van der Waals surface area contributed by atoms with Gasteiger partial charge >= 0.3 is 0 Å². The molecule has 1 aromatic rings. The van der Waals surface area contributed by atoms with Gasteiger partial charge in [0.2, 0.25) is 0 Å². The minimum Gasteiger partial charge on any atom is -0.356 e. The maximum absolute atomic E-state index is 4.81. The van der Waals surface area contributed by atoms with E-state index in [9.17, 15) is 0 Å². The van der Waals surface area contributed by atoms with Crippen LogP contribution in [0.3, 0.4) is 0 Å². The van der Waals surface area contributed by atoms with Crippen LogP contribution in [0.15, 0.2) is 29.3 Å². The molecule has 3 rings (SSSR count). The summed E-state index contributed by atoms with van der Waals surface area (Å²) in [6, 6.07) is 8.54. The Labute approximate surface area is 97.0 Å². The third-order valence-corrected chi connectivity index (χ3v) is 3.55. The van der Waals surface area contributed by atoms with E-state index >= 15 is 0 Å². The molecule has 0 amide bonds. The van der Waals surface area contributed by atoms with Crippen LogP contribution in [0, 0.1) is 0 Å². The molecular weight excluding hydrogens is 196 g/mol. The second-order valence-electron chi connectivity index (χ2n) is 4.74. The molecule has 2 heterocycles. The van der Waals surface area contributed by atoms with Crippen molar-refractivity contribution in [3.8, 4) is 0 Å². The lowest BCUT2D eigenvalue weighted by Gasteiger charge is -2.32. The van der Waals surface area contributed by atoms with Crippen LogP contribution in [0.4, 0.5) is 5.69 Å². The maximum atomic E-state index is 4.81. The Morgan fingerprint density at radius 2 is 1.88 bits per heavy atom. The number of para-hydroxylation sites is 1. The van der Waals surface area contributed by atoms with Crippen molar-refractivity contribution in [1.29, 1.82) is 0 Å². The van der Waals surface area contributed by atoms with Gasteiger partial charge in [0, 0.05) is 19.5 Å². The summed E-state index contributed by atoms with van der Waals surface area (Å²) in [7, 11) is 0. The summed E-state index contributed by atoms with van der Waals surface area (Å²) in [5, 5.41) is 0. The van der Waals surface area contributed by atoms with E-state index in [4.69, 9.17) is 4.99 Å². The monoisotopic (exact) mass is 214 g/mol.